The largest absolute Gasteiger partial charge is 0.379 e. The lowest BCUT2D eigenvalue weighted by Gasteiger charge is -2.18. The van der Waals surface area contributed by atoms with Crippen molar-refractivity contribution in [1.82, 2.24) is 0 Å². The molecule has 1 N–H and O–H groups in total. The molecular formula is C20H25NO4S. The number of hydrogen-bond donors (Lipinski definition) is 1. The van der Waals surface area contributed by atoms with E-state index in [-0.39, 0.29) is 16.7 Å². The number of para-hydroxylation sites is 1. The number of benzene rings is 2. The summed E-state index contributed by atoms with van der Waals surface area (Å²) in [5, 5.41) is 2.73. The van der Waals surface area contributed by atoms with Crippen LogP contribution in [0.5, 0.6) is 5.75 Å². The maximum Gasteiger partial charge on any atom is 0.339 e. The third kappa shape index (κ3) is 4.85. The summed E-state index contributed by atoms with van der Waals surface area (Å²) in [5.41, 5.74) is 0.640. The molecule has 0 saturated heterocycles. The van der Waals surface area contributed by atoms with Gasteiger partial charge in [0.1, 0.15) is 10.6 Å². The standard InChI is InChI=1S/C20H25NO4S/c1-14(2)17-11-6-7-12-18(17)25-26(23,24)16-10-8-9-15(13-16)21-19(22)20(3,4)5/h6-14H,1-5H3,(H,21,22). The van der Waals surface area contributed by atoms with E-state index in [9.17, 15) is 13.2 Å². The second kappa shape index (κ2) is 7.50. The Kier molecular flexibility index (Phi) is 5.76. The second-order valence-corrected chi connectivity index (χ2v) is 9.01. The van der Waals surface area contributed by atoms with E-state index in [0.717, 1.165) is 5.56 Å². The highest BCUT2D eigenvalue weighted by molar-refractivity contribution is 7.87. The zero-order valence-electron chi connectivity index (χ0n) is 15.7. The molecule has 26 heavy (non-hydrogen) atoms. The molecule has 2 aromatic carbocycles. The summed E-state index contributed by atoms with van der Waals surface area (Å²) in [6, 6.07) is 13.1. The lowest BCUT2D eigenvalue weighted by Crippen LogP contribution is -2.27. The van der Waals surface area contributed by atoms with Crippen LogP contribution in [0.2, 0.25) is 0 Å². The highest BCUT2D eigenvalue weighted by Gasteiger charge is 2.23. The number of nitrogens with one attached hydrogen (secondary N) is 1. The van der Waals surface area contributed by atoms with Gasteiger partial charge in [-0.2, -0.15) is 8.42 Å². The minimum Gasteiger partial charge on any atom is -0.379 e. The van der Waals surface area contributed by atoms with Crippen molar-refractivity contribution in [2.75, 3.05) is 5.32 Å². The topological polar surface area (TPSA) is 72.5 Å². The highest BCUT2D eigenvalue weighted by atomic mass is 32.2. The summed E-state index contributed by atoms with van der Waals surface area (Å²) in [5.74, 6) is 0.239. The first kappa shape index (κ1) is 20.0. The molecule has 0 fully saturated rings. The van der Waals surface area contributed by atoms with Crippen LogP contribution in [-0.2, 0) is 14.9 Å². The van der Waals surface area contributed by atoms with Crippen molar-refractivity contribution in [3.63, 3.8) is 0 Å². The van der Waals surface area contributed by atoms with Gasteiger partial charge in [0.25, 0.3) is 0 Å². The Morgan fingerprint density at radius 1 is 1.04 bits per heavy atom. The van der Waals surface area contributed by atoms with E-state index in [1.807, 2.05) is 26.0 Å². The van der Waals surface area contributed by atoms with Gasteiger partial charge in [0.15, 0.2) is 0 Å². The molecule has 1 amide bonds. The Morgan fingerprint density at radius 2 is 1.69 bits per heavy atom. The van der Waals surface area contributed by atoms with Gasteiger partial charge in [-0.05, 0) is 35.7 Å². The van der Waals surface area contributed by atoms with Gasteiger partial charge in [-0.25, -0.2) is 0 Å². The van der Waals surface area contributed by atoms with Crippen molar-refractivity contribution in [3.05, 3.63) is 54.1 Å². The van der Waals surface area contributed by atoms with Gasteiger partial charge in [-0.1, -0.05) is 58.9 Å². The normalized spacial score (nSPS) is 12.1. The molecule has 140 valence electrons. The molecule has 0 radical (unpaired) electrons. The van der Waals surface area contributed by atoms with E-state index in [0.29, 0.717) is 11.4 Å². The van der Waals surface area contributed by atoms with Crippen molar-refractivity contribution in [3.8, 4) is 5.75 Å². The van der Waals surface area contributed by atoms with E-state index in [1.54, 1.807) is 45.0 Å². The fourth-order valence-electron chi connectivity index (χ4n) is 2.25. The molecule has 6 heteroatoms. The van der Waals surface area contributed by atoms with Crippen LogP contribution in [0.3, 0.4) is 0 Å². The van der Waals surface area contributed by atoms with E-state index in [1.165, 1.54) is 12.1 Å². The molecule has 0 aliphatic heterocycles. The maximum atomic E-state index is 12.7. The molecule has 2 aromatic rings. The Hall–Kier alpha value is -2.34. The quantitative estimate of drug-likeness (QED) is 0.778. The molecule has 0 heterocycles. The minimum absolute atomic E-state index is 0.0113. The highest BCUT2D eigenvalue weighted by Crippen LogP contribution is 2.29. The number of amides is 1. The smallest absolute Gasteiger partial charge is 0.339 e. The first-order chi connectivity index (χ1) is 12.0. The first-order valence-corrected chi connectivity index (χ1v) is 9.86. The van der Waals surface area contributed by atoms with E-state index < -0.39 is 15.5 Å². The fraction of sp³-hybridized carbons (Fsp3) is 0.350. The number of hydrogen-bond acceptors (Lipinski definition) is 4. The molecule has 0 atom stereocenters. The van der Waals surface area contributed by atoms with Crippen molar-refractivity contribution in [2.24, 2.45) is 5.41 Å². The van der Waals surface area contributed by atoms with E-state index >= 15 is 0 Å². The van der Waals surface area contributed by atoms with Gasteiger partial charge in [0.2, 0.25) is 5.91 Å². The lowest BCUT2D eigenvalue weighted by atomic mass is 9.95. The van der Waals surface area contributed by atoms with Gasteiger partial charge in [-0.15, -0.1) is 0 Å². The molecule has 0 bridgehead atoms. The summed E-state index contributed by atoms with van der Waals surface area (Å²) >= 11 is 0. The Labute approximate surface area is 155 Å². The molecule has 5 nitrogen and oxygen atoms in total. The summed E-state index contributed by atoms with van der Waals surface area (Å²) in [4.78, 5) is 12.1. The van der Waals surface area contributed by atoms with Crippen LogP contribution < -0.4 is 9.50 Å². The third-order valence-corrected chi connectivity index (χ3v) is 5.03. The first-order valence-electron chi connectivity index (χ1n) is 8.45. The van der Waals surface area contributed by atoms with Crippen LogP contribution in [0.1, 0.15) is 46.1 Å². The van der Waals surface area contributed by atoms with E-state index in [4.69, 9.17) is 4.18 Å². The van der Waals surface area contributed by atoms with Gasteiger partial charge in [0, 0.05) is 11.1 Å². The zero-order valence-corrected chi connectivity index (χ0v) is 16.6. The minimum atomic E-state index is -4.01. The molecule has 2 rings (SSSR count). The van der Waals surface area contributed by atoms with E-state index in [2.05, 4.69) is 5.32 Å². The van der Waals surface area contributed by atoms with Crippen molar-refractivity contribution < 1.29 is 17.4 Å². The summed E-state index contributed by atoms with van der Waals surface area (Å²) in [6.07, 6.45) is 0. The molecule has 0 saturated carbocycles. The predicted octanol–water partition coefficient (Wildman–Crippen LogP) is 4.56. The number of rotatable bonds is 5. The summed E-state index contributed by atoms with van der Waals surface area (Å²) in [7, 11) is -4.01. The number of carbonyl (C=O) groups is 1. The van der Waals surface area contributed by atoms with Crippen molar-refractivity contribution in [2.45, 2.75) is 45.4 Å². The Bertz CT molecular complexity index is 896. The summed E-state index contributed by atoms with van der Waals surface area (Å²) < 4.78 is 30.7. The molecular weight excluding hydrogens is 350 g/mol. The monoisotopic (exact) mass is 375 g/mol. The van der Waals surface area contributed by atoms with Gasteiger partial charge >= 0.3 is 10.1 Å². The molecule has 0 aliphatic carbocycles. The third-order valence-electron chi connectivity index (χ3n) is 3.80. The predicted molar refractivity (Wildman–Crippen MR) is 103 cm³/mol. The average molecular weight is 375 g/mol. The number of anilines is 1. The van der Waals surface area contributed by atoms with Crippen LogP contribution in [0.4, 0.5) is 5.69 Å². The average Bonchev–Trinajstić information content (AvgIpc) is 2.54. The SMILES string of the molecule is CC(C)c1ccccc1OS(=O)(=O)c1cccc(NC(=O)C(C)(C)C)c1. The van der Waals surface area contributed by atoms with Crippen LogP contribution >= 0.6 is 0 Å². The fourth-order valence-corrected chi connectivity index (χ4v) is 3.25. The molecule has 0 aliphatic rings. The van der Waals surface area contributed by atoms with Crippen LogP contribution in [-0.4, -0.2) is 14.3 Å². The van der Waals surface area contributed by atoms with Gasteiger partial charge in [0.05, 0.1) is 0 Å². The van der Waals surface area contributed by atoms with Gasteiger partial charge < -0.3 is 9.50 Å². The Balaban J connectivity index is 2.30. The maximum absolute atomic E-state index is 12.7. The van der Waals surface area contributed by atoms with Crippen molar-refractivity contribution >= 4 is 21.7 Å². The zero-order chi connectivity index (χ0) is 19.5. The van der Waals surface area contributed by atoms with Crippen LogP contribution in [0.15, 0.2) is 53.4 Å². The summed E-state index contributed by atoms with van der Waals surface area (Å²) in [6.45, 7) is 9.30. The van der Waals surface area contributed by atoms with Crippen LogP contribution in [0, 0.1) is 5.41 Å². The molecule has 0 spiro atoms. The Morgan fingerprint density at radius 3 is 2.31 bits per heavy atom. The van der Waals surface area contributed by atoms with Gasteiger partial charge in [-0.3, -0.25) is 4.79 Å². The lowest BCUT2D eigenvalue weighted by molar-refractivity contribution is -0.123. The molecule has 0 aromatic heterocycles. The second-order valence-electron chi connectivity index (χ2n) is 7.46. The number of carbonyl (C=O) groups excluding carboxylic acids is 1. The molecule has 0 unspecified atom stereocenters. The van der Waals surface area contributed by atoms with Crippen LogP contribution in [0.25, 0.3) is 0 Å². The van der Waals surface area contributed by atoms with Crippen molar-refractivity contribution in [1.29, 1.82) is 0 Å².